The summed E-state index contributed by atoms with van der Waals surface area (Å²) in [4.78, 5) is 18.0. The minimum absolute atomic E-state index is 0.223. The zero-order valence-electron chi connectivity index (χ0n) is 18.7. The van der Waals surface area contributed by atoms with Crippen LogP contribution in [0.1, 0.15) is 19.0 Å². The minimum atomic E-state index is -3.54. The van der Waals surface area contributed by atoms with Gasteiger partial charge in [-0.15, -0.1) is 0 Å². The molecule has 2 fully saturated rings. The summed E-state index contributed by atoms with van der Waals surface area (Å²) < 4.78 is 34.2. The lowest BCUT2D eigenvalue weighted by molar-refractivity contribution is 0.0730. The van der Waals surface area contributed by atoms with E-state index in [9.17, 15) is 8.42 Å². The van der Waals surface area contributed by atoms with Gasteiger partial charge in [0.2, 0.25) is 10.0 Å². The molecule has 3 aromatic heterocycles. The molecule has 11 nitrogen and oxygen atoms in total. The van der Waals surface area contributed by atoms with Crippen molar-refractivity contribution in [2.45, 2.75) is 24.7 Å². The number of hydrogen-bond donors (Lipinski definition) is 0. The van der Waals surface area contributed by atoms with Crippen LogP contribution < -0.4 is 9.80 Å². The Morgan fingerprint density at radius 3 is 2.45 bits per heavy atom. The van der Waals surface area contributed by atoms with E-state index in [1.807, 2.05) is 0 Å². The maximum Gasteiger partial charge on any atom is 0.254 e. The number of pyridine rings is 1. The lowest BCUT2D eigenvalue weighted by Crippen LogP contribution is -2.47. The molecule has 0 atom stereocenters. The zero-order chi connectivity index (χ0) is 22.8. The normalized spacial score (nSPS) is 18.2. The van der Waals surface area contributed by atoms with Crippen LogP contribution in [-0.2, 0) is 21.2 Å². The molecule has 0 unspecified atom stereocenters. The molecule has 0 aliphatic carbocycles. The van der Waals surface area contributed by atoms with Crippen LogP contribution in [0, 0.1) is 0 Å². The smallest absolute Gasteiger partial charge is 0.254 e. The fourth-order valence-electron chi connectivity index (χ4n) is 4.27. The molecule has 33 heavy (non-hydrogen) atoms. The third-order valence-electron chi connectivity index (χ3n) is 6.05. The van der Waals surface area contributed by atoms with Crippen LogP contribution >= 0.6 is 0 Å². The number of nitrogens with zero attached hydrogens (tertiary/aromatic N) is 8. The first kappa shape index (κ1) is 22.0. The van der Waals surface area contributed by atoms with Crippen LogP contribution in [0.15, 0.2) is 35.6 Å². The van der Waals surface area contributed by atoms with Crippen molar-refractivity contribution in [3.8, 4) is 0 Å². The topological polar surface area (TPSA) is 109 Å². The number of aryl methyl sites for hydroxylation is 1. The Kier molecular flexibility index (Phi) is 6.13. The van der Waals surface area contributed by atoms with Crippen molar-refractivity contribution in [2.24, 2.45) is 0 Å². The second kappa shape index (κ2) is 9.20. The lowest BCUT2D eigenvalue weighted by atomic mass is 10.2. The number of ether oxygens (including phenoxy) is 1. The summed E-state index contributed by atoms with van der Waals surface area (Å²) in [6.45, 7) is 6.86. The third-order valence-corrected chi connectivity index (χ3v) is 7.93. The van der Waals surface area contributed by atoms with Crippen LogP contribution in [0.3, 0.4) is 0 Å². The van der Waals surface area contributed by atoms with Crippen LogP contribution in [0.25, 0.3) is 5.78 Å². The molecule has 0 amide bonds. The summed E-state index contributed by atoms with van der Waals surface area (Å²) in [7, 11) is -3.54. The molecule has 176 valence electrons. The van der Waals surface area contributed by atoms with E-state index >= 15 is 0 Å². The summed E-state index contributed by atoms with van der Waals surface area (Å²) >= 11 is 0. The molecule has 0 spiro atoms. The number of piperazine rings is 1. The molecule has 0 bridgehead atoms. The fraction of sp³-hybridized carbons (Fsp3) is 0.524. The van der Waals surface area contributed by atoms with Crippen molar-refractivity contribution in [1.82, 2.24) is 28.9 Å². The van der Waals surface area contributed by atoms with E-state index < -0.39 is 10.0 Å². The van der Waals surface area contributed by atoms with E-state index in [1.165, 1.54) is 16.8 Å². The van der Waals surface area contributed by atoms with Crippen molar-refractivity contribution < 1.29 is 13.2 Å². The van der Waals surface area contributed by atoms with Gasteiger partial charge in [0, 0.05) is 57.2 Å². The van der Waals surface area contributed by atoms with Gasteiger partial charge in [0.1, 0.15) is 22.9 Å². The summed E-state index contributed by atoms with van der Waals surface area (Å²) in [5.74, 6) is 2.40. The summed E-state index contributed by atoms with van der Waals surface area (Å²) in [5, 5.41) is 4.35. The van der Waals surface area contributed by atoms with Crippen molar-refractivity contribution in [3.05, 3.63) is 36.4 Å². The monoisotopic (exact) mass is 472 g/mol. The predicted octanol–water partition coefficient (Wildman–Crippen LogP) is 0.819. The van der Waals surface area contributed by atoms with Crippen LogP contribution in [-0.4, -0.2) is 89.8 Å². The number of rotatable bonds is 6. The van der Waals surface area contributed by atoms with E-state index in [0.29, 0.717) is 32.1 Å². The zero-order valence-corrected chi connectivity index (χ0v) is 19.5. The Hall–Kier alpha value is -2.83. The molecule has 2 aliphatic rings. The first-order valence-corrected chi connectivity index (χ1v) is 12.7. The van der Waals surface area contributed by atoms with Gasteiger partial charge in [0.05, 0.1) is 13.2 Å². The van der Waals surface area contributed by atoms with Gasteiger partial charge in [-0.3, -0.25) is 0 Å². The van der Waals surface area contributed by atoms with Crippen molar-refractivity contribution in [2.75, 3.05) is 62.3 Å². The Morgan fingerprint density at radius 1 is 1.00 bits per heavy atom. The van der Waals surface area contributed by atoms with Crippen LogP contribution in [0.2, 0.25) is 0 Å². The van der Waals surface area contributed by atoms with Gasteiger partial charge in [-0.1, -0.05) is 13.3 Å². The van der Waals surface area contributed by atoms with E-state index in [1.54, 1.807) is 16.6 Å². The van der Waals surface area contributed by atoms with Gasteiger partial charge >= 0.3 is 0 Å². The van der Waals surface area contributed by atoms with E-state index in [2.05, 4.69) is 42.8 Å². The first-order chi connectivity index (χ1) is 16.1. The average molecular weight is 473 g/mol. The molecule has 5 rings (SSSR count). The summed E-state index contributed by atoms with van der Waals surface area (Å²) in [6, 6.07) is 5.55. The standard InChI is InChI=1S/C21H28N8O3S/c1-2-3-17-14-20(29-21(25-17)23-16-24-29)27-8-6-26(7-9-27)19-5-4-18(15-22-19)33(30,31)28-10-12-32-13-11-28/h4-5,14-16H,2-3,6-13H2,1H3. The molecule has 0 N–H and O–H groups in total. The van der Waals surface area contributed by atoms with Gasteiger partial charge in [-0.05, 0) is 18.6 Å². The lowest BCUT2D eigenvalue weighted by Gasteiger charge is -2.36. The number of hydrogen-bond acceptors (Lipinski definition) is 9. The fourth-order valence-corrected chi connectivity index (χ4v) is 5.62. The van der Waals surface area contributed by atoms with E-state index in [-0.39, 0.29) is 4.90 Å². The van der Waals surface area contributed by atoms with Crippen molar-refractivity contribution in [3.63, 3.8) is 0 Å². The number of anilines is 2. The maximum absolute atomic E-state index is 12.8. The highest BCUT2D eigenvalue weighted by Gasteiger charge is 2.27. The molecule has 0 saturated carbocycles. The Morgan fingerprint density at radius 2 is 1.76 bits per heavy atom. The average Bonchev–Trinajstić information content (AvgIpc) is 3.33. The number of fused-ring (bicyclic) bond motifs is 1. The SMILES string of the molecule is CCCc1cc(N2CCN(c3ccc(S(=O)(=O)N4CCOCC4)cn3)CC2)n2ncnc2n1. The number of sulfonamides is 1. The number of aromatic nitrogens is 5. The molecule has 5 heterocycles. The second-order valence-corrected chi connectivity index (χ2v) is 10.1. The van der Waals surface area contributed by atoms with E-state index in [0.717, 1.165) is 56.4 Å². The first-order valence-electron chi connectivity index (χ1n) is 11.3. The summed E-state index contributed by atoms with van der Waals surface area (Å²) in [6.07, 6.45) is 4.92. The maximum atomic E-state index is 12.8. The predicted molar refractivity (Wildman–Crippen MR) is 123 cm³/mol. The van der Waals surface area contributed by atoms with E-state index in [4.69, 9.17) is 4.74 Å². The van der Waals surface area contributed by atoms with Crippen LogP contribution in [0.5, 0.6) is 0 Å². The molecule has 0 aromatic carbocycles. The third kappa shape index (κ3) is 4.37. The highest BCUT2D eigenvalue weighted by molar-refractivity contribution is 7.89. The van der Waals surface area contributed by atoms with Gasteiger partial charge in [0.15, 0.2) is 0 Å². The minimum Gasteiger partial charge on any atom is -0.379 e. The molecular formula is C21H28N8O3S. The van der Waals surface area contributed by atoms with Crippen molar-refractivity contribution >= 4 is 27.4 Å². The molecule has 2 aliphatic heterocycles. The van der Waals surface area contributed by atoms with Gasteiger partial charge in [0.25, 0.3) is 5.78 Å². The molecular weight excluding hydrogens is 444 g/mol. The molecule has 3 aromatic rings. The largest absolute Gasteiger partial charge is 0.379 e. The quantitative estimate of drug-likeness (QED) is 0.515. The van der Waals surface area contributed by atoms with Gasteiger partial charge in [-0.2, -0.15) is 18.9 Å². The molecule has 0 radical (unpaired) electrons. The molecule has 12 heteroatoms. The Bertz CT molecular complexity index is 1200. The second-order valence-electron chi connectivity index (χ2n) is 8.17. The molecule has 2 saturated heterocycles. The Labute approximate surface area is 193 Å². The highest BCUT2D eigenvalue weighted by Crippen LogP contribution is 2.23. The van der Waals surface area contributed by atoms with Gasteiger partial charge in [-0.25, -0.2) is 18.4 Å². The van der Waals surface area contributed by atoms with Crippen LogP contribution in [0.4, 0.5) is 11.6 Å². The number of morpholine rings is 1. The van der Waals surface area contributed by atoms with Crippen molar-refractivity contribution in [1.29, 1.82) is 0 Å². The highest BCUT2D eigenvalue weighted by atomic mass is 32.2. The Balaban J connectivity index is 1.28. The van der Waals surface area contributed by atoms with Gasteiger partial charge < -0.3 is 14.5 Å². The summed E-state index contributed by atoms with van der Waals surface area (Å²) in [5.41, 5.74) is 1.02.